The van der Waals surface area contributed by atoms with Crippen LogP contribution in [0.15, 0.2) is 57.5 Å². The van der Waals surface area contributed by atoms with Gasteiger partial charge in [0.1, 0.15) is 5.78 Å². The van der Waals surface area contributed by atoms with E-state index in [1.54, 1.807) is 0 Å². The Labute approximate surface area is 159 Å². The van der Waals surface area contributed by atoms with E-state index in [0.717, 1.165) is 28.2 Å². The molecule has 2 aliphatic rings. The van der Waals surface area contributed by atoms with Crippen molar-refractivity contribution in [1.29, 1.82) is 0 Å². The quantitative estimate of drug-likeness (QED) is 0.649. The second-order valence-corrected chi connectivity index (χ2v) is 8.61. The number of fused-ring (bicyclic) bond motifs is 2. The summed E-state index contributed by atoms with van der Waals surface area (Å²) in [6.45, 7) is 0. The molecule has 1 aliphatic heterocycles. The average molecular weight is 449 g/mol. The van der Waals surface area contributed by atoms with Gasteiger partial charge >= 0.3 is 0 Å². The van der Waals surface area contributed by atoms with Gasteiger partial charge in [-0.15, -0.1) is 0 Å². The molecule has 2 fully saturated rings. The molecule has 1 saturated carbocycles. The highest BCUT2D eigenvalue weighted by Gasteiger charge is 2.46. The molecule has 2 bridgehead atoms. The largest absolute Gasteiger partial charge is 0.302 e. The van der Waals surface area contributed by atoms with E-state index in [9.17, 15) is 4.79 Å². The fourth-order valence-electron chi connectivity index (χ4n) is 4.26. The van der Waals surface area contributed by atoms with E-state index < -0.39 is 0 Å². The van der Waals surface area contributed by atoms with E-state index in [1.165, 1.54) is 11.1 Å². The van der Waals surface area contributed by atoms with Crippen molar-refractivity contribution in [3.63, 3.8) is 0 Å². The van der Waals surface area contributed by atoms with E-state index in [1.807, 2.05) is 12.1 Å². The summed E-state index contributed by atoms with van der Waals surface area (Å²) in [6.07, 6.45) is 3.12. The Kier molecular flexibility index (Phi) is 4.63. The molecule has 0 radical (unpaired) electrons. The number of rotatable bonds is 2. The number of Topliss-reactive ketones (excluding diaryl/α,β-unsaturated/α-hetero) is 1. The molecule has 1 N–H and O–H groups in total. The second-order valence-electron chi connectivity index (χ2n) is 6.78. The van der Waals surface area contributed by atoms with Crippen molar-refractivity contribution < 1.29 is 4.79 Å². The lowest BCUT2D eigenvalue weighted by molar-refractivity contribution is -0.135. The molecular weight excluding hydrogens is 430 g/mol. The van der Waals surface area contributed by atoms with Gasteiger partial charge in [0.2, 0.25) is 0 Å². The number of hydrogen-bond acceptors (Lipinski definition) is 2. The van der Waals surface area contributed by atoms with Crippen LogP contribution in [0.25, 0.3) is 0 Å². The number of hydrogen-bond donors (Lipinski definition) is 1. The van der Waals surface area contributed by atoms with Crippen LogP contribution in [0.4, 0.5) is 0 Å². The maximum atomic E-state index is 13.1. The van der Waals surface area contributed by atoms with E-state index >= 15 is 0 Å². The second kappa shape index (κ2) is 6.74. The molecule has 1 saturated heterocycles. The van der Waals surface area contributed by atoms with Crippen molar-refractivity contribution >= 4 is 37.6 Å². The summed E-state index contributed by atoms with van der Waals surface area (Å²) in [4.78, 5) is 13.1. The zero-order valence-corrected chi connectivity index (χ0v) is 16.4. The van der Waals surface area contributed by atoms with Gasteiger partial charge < -0.3 is 5.32 Å². The number of nitrogens with one attached hydrogen (secondary N) is 1. The molecule has 1 aliphatic carbocycles. The van der Waals surface area contributed by atoms with Crippen molar-refractivity contribution in [1.82, 2.24) is 5.32 Å². The summed E-state index contributed by atoms with van der Waals surface area (Å²) >= 11 is 7.12. The fraction of sp³-hybridized carbons (Fsp3) is 0.350. The zero-order valence-electron chi connectivity index (χ0n) is 13.2. The highest BCUT2D eigenvalue weighted by molar-refractivity contribution is 9.10. The molecule has 1 heterocycles. The number of ketones is 1. The Morgan fingerprint density at radius 3 is 1.79 bits per heavy atom. The lowest BCUT2D eigenvalue weighted by atomic mass is 9.67. The summed E-state index contributed by atoms with van der Waals surface area (Å²) < 4.78 is 2.12. The van der Waals surface area contributed by atoms with Crippen LogP contribution < -0.4 is 5.32 Å². The summed E-state index contributed by atoms with van der Waals surface area (Å²) in [5, 5.41) is 3.81. The first-order valence-electron chi connectivity index (χ1n) is 8.44. The van der Waals surface area contributed by atoms with E-state index in [0.29, 0.717) is 5.78 Å². The third-order valence-electron chi connectivity index (χ3n) is 5.34. The van der Waals surface area contributed by atoms with Gasteiger partial charge in [-0.1, -0.05) is 62.5 Å². The van der Waals surface area contributed by atoms with Gasteiger partial charge in [-0.3, -0.25) is 4.79 Å². The molecule has 124 valence electrons. The molecule has 2 aromatic carbocycles. The van der Waals surface area contributed by atoms with E-state index in [-0.39, 0.29) is 23.9 Å². The Bertz CT molecular complexity index is 714. The molecule has 4 heteroatoms. The summed E-state index contributed by atoms with van der Waals surface area (Å²) in [5.41, 5.74) is 2.39. The smallest absolute Gasteiger partial charge is 0.142 e. The van der Waals surface area contributed by atoms with Crippen LogP contribution in [0, 0.1) is 11.8 Å². The molecule has 4 rings (SSSR count). The molecule has 4 unspecified atom stereocenters. The van der Waals surface area contributed by atoms with Crippen molar-refractivity contribution in [2.75, 3.05) is 0 Å². The summed E-state index contributed by atoms with van der Waals surface area (Å²) in [5.74, 6) is 0.637. The highest BCUT2D eigenvalue weighted by atomic mass is 79.9. The van der Waals surface area contributed by atoms with Crippen LogP contribution in [0.5, 0.6) is 0 Å². The molecular formula is C20H19Br2NO. The van der Waals surface area contributed by atoms with Crippen molar-refractivity contribution in [2.45, 2.75) is 31.3 Å². The van der Waals surface area contributed by atoms with Crippen LogP contribution in [-0.2, 0) is 4.79 Å². The monoisotopic (exact) mass is 447 g/mol. The first-order chi connectivity index (χ1) is 11.6. The Morgan fingerprint density at radius 1 is 0.833 bits per heavy atom. The normalized spacial score (nSPS) is 29.5. The third kappa shape index (κ3) is 3.00. The van der Waals surface area contributed by atoms with Crippen LogP contribution in [0.3, 0.4) is 0 Å². The number of benzene rings is 2. The molecule has 24 heavy (non-hydrogen) atoms. The van der Waals surface area contributed by atoms with Crippen LogP contribution >= 0.6 is 31.9 Å². The molecule has 0 amide bonds. The van der Waals surface area contributed by atoms with Crippen LogP contribution in [0.1, 0.15) is 42.5 Å². The predicted octanol–water partition coefficient (Wildman–Crippen LogP) is 5.58. The summed E-state index contributed by atoms with van der Waals surface area (Å²) in [7, 11) is 0. The molecule has 0 aromatic heterocycles. The first-order valence-corrected chi connectivity index (χ1v) is 10.0. The Balaban J connectivity index is 1.74. The maximum absolute atomic E-state index is 13.1. The molecule has 0 spiro atoms. The minimum absolute atomic E-state index is 0.0931. The van der Waals surface area contributed by atoms with E-state index in [4.69, 9.17) is 0 Å². The van der Waals surface area contributed by atoms with Gasteiger partial charge in [-0.25, -0.2) is 0 Å². The standard InChI is InChI=1S/C20H19Br2NO/c21-14-6-1-4-12(10-14)18-16-8-3-9-17(20(16)24)19(23-18)13-5-2-7-15(22)11-13/h1-2,4-7,10-11,16-19,23H,3,8-9H2. The van der Waals surface area contributed by atoms with E-state index in [2.05, 4.69) is 73.6 Å². The van der Waals surface area contributed by atoms with Crippen molar-refractivity contribution in [2.24, 2.45) is 11.8 Å². The minimum atomic E-state index is 0.0931. The van der Waals surface area contributed by atoms with Gasteiger partial charge in [0.05, 0.1) is 0 Å². The number of carbonyl (C=O) groups excluding carboxylic acids is 1. The molecule has 2 nitrogen and oxygen atoms in total. The maximum Gasteiger partial charge on any atom is 0.142 e. The topological polar surface area (TPSA) is 29.1 Å². The van der Waals surface area contributed by atoms with Gasteiger partial charge in [-0.2, -0.15) is 0 Å². The molecule has 4 atom stereocenters. The highest BCUT2D eigenvalue weighted by Crippen LogP contribution is 2.46. The number of halogens is 2. The van der Waals surface area contributed by atoms with Crippen molar-refractivity contribution in [3.05, 3.63) is 68.6 Å². The van der Waals surface area contributed by atoms with Gasteiger partial charge in [-0.05, 0) is 48.2 Å². The Hall–Kier alpha value is -0.970. The molecule has 2 aromatic rings. The zero-order chi connectivity index (χ0) is 16.7. The SMILES string of the molecule is O=C1C2CCCC1C(c1cccc(Br)c1)NC2c1cccc(Br)c1. The van der Waals surface area contributed by atoms with Crippen molar-refractivity contribution in [3.8, 4) is 0 Å². The fourth-order valence-corrected chi connectivity index (χ4v) is 5.10. The third-order valence-corrected chi connectivity index (χ3v) is 6.33. The van der Waals surface area contributed by atoms with Gasteiger partial charge in [0, 0.05) is 32.9 Å². The van der Waals surface area contributed by atoms with Crippen LogP contribution in [0.2, 0.25) is 0 Å². The lowest BCUT2D eigenvalue weighted by Crippen LogP contribution is -2.50. The minimum Gasteiger partial charge on any atom is -0.302 e. The first kappa shape index (κ1) is 16.5. The number of piperidine rings is 1. The predicted molar refractivity (Wildman–Crippen MR) is 103 cm³/mol. The Morgan fingerprint density at radius 2 is 1.33 bits per heavy atom. The lowest BCUT2D eigenvalue weighted by Gasteiger charge is -2.45. The van der Waals surface area contributed by atoms with Gasteiger partial charge in [0.15, 0.2) is 0 Å². The number of carbonyl (C=O) groups is 1. The van der Waals surface area contributed by atoms with Crippen LogP contribution in [-0.4, -0.2) is 5.78 Å². The average Bonchev–Trinajstić information content (AvgIpc) is 2.55. The summed E-state index contributed by atoms with van der Waals surface area (Å²) in [6, 6.07) is 16.9. The van der Waals surface area contributed by atoms with Gasteiger partial charge in [0.25, 0.3) is 0 Å².